The van der Waals surface area contributed by atoms with Gasteiger partial charge in [0.05, 0.1) is 0 Å². The molecule has 1 aliphatic heterocycles. The second-order valence-corrected chi connectivity index (χ2v) is 5.64. The van der Waals surface area contributed by atoms with Crippen LogP contribution in [0, 0.1) is 5.41 Å². The molecular weight excluding hydrogens is 246 g/mol. The smallest absolute Gasteiger partial charge is 0.142 e. The number of piperidine rings is 1. The second-order valence-electron chi connectivity index (χ2n) is 5.64. The van der Waals surface area contributed by atoms with E-state index in [1.807, 2.05) is 18.2 Å². The summed E-state index contributed by atoms with van der Waals surface area (Å²) in [6.07, 6.45) is 5.85. The minimum Gasteiger partial charge on any atom is -0.299 e. The third kappa shape index (κ3) is 3.26. The maximum absolute atomic E-state index is 12.4. The van der Waals surface area contributed by atoms with Crippen LogP contribution in [0.15, 0.2) is 55.6 Å². The second kappa shape index (κ2) is 6.67. The highest BCUT2D eigenvalue weighted by atomic mass is 16.1. The number of carbonyl (C=O) groups is 1. The summed E-state index contributed by atoms with van der Waals surface area (Å²) in [5, 5.41) is 0. The molecule has 2 heteroatoms. The maximum Gasteiger partial charge on any atom is 0.142 e. The summed E-state index contributed by atoms with van der Waals surface area (Å²) in [5.74, 6) is 0.363. The van der Waals surface area contributed by atoms with Crippen molar-refractivity contribution in [1.82, 2.24) is 4.90 Å². The molecule has 0 saturated carbocycles. The van der Waals surface area contributed by atoms with Crippen LogP contribution < -0.4 is 0 Å². The van der Waals surface area contributed by atoms with Gasteiger partial charge >= 0.3 is 0 Å². The van der Waals surface area contributed by atoms with Crippen LogP contribution in [0.4, 0.5) is 0 Å². The summed E-state index contributed by atoms with van der Waals surface area (Å²) in [7, 11) is 0. The molecule has 1 aromatic rings. The summed E-state index contributed by atoms with van der Waals surface area (Å²) >= 11 is 0. The average molecular weight is 269 g/mol. The lowest BCUT2D eigenvalue weighted by Crippen LogP contribution is -2.48. The first kappa shape index (κ1) is 14.7. The van der Waals surface area contributed by atoms with E-state index in [0.717, 1.165) is 32.5 Å². The van der Waals surface area contributed by atoms with Crippen LogP contribution in [0.3, 0.4) is 0 Å². The molecule has 2 rings (SSSR count). The molecule has 1 saturated heterocycles. The molecule has 0 aliphatic carbocycles. The van der Waals surface area contributed by atoms with E-state index in [1.54, 1.807) is 0 Å². The Morgan fingerprint density at radius 3 is 2.40 bits per heavy atom. The van der Waals surface area contributed by atoms with Crippen molar-refractivity contribution in [2.24, 2.45) is 5.41 Å². The van der Waals surface area contributed by atoms with Gasteiger partial charge in [0.2, 0.25) is 0 Å². The zero-order valence-electron chi connectivity index (χ0n) is 12.1. The molecule has 20 heavy (non-hydrogen) atoms. The lowest BCUT2D eigenvalue weighted by Gasteiger charge is -2.40. The van der Waals surface area contributed by atoms with Gasteiger partial charge in [-0.1, -0.05) is 42.5 Å². The van der Waals surface area contributed by atoms with E-state index >= 15 is 0 Å². The van der Waals surface area contributed by atoms with Gasteiger partial charge in [-0.15, -0.1) is 13.2 Å². The quantitative estimate of drug-likeness (QED) is 0.735. The van der Waals surface area contributed by atoms with Gasteiger partial charge in [-0.3, -0.25) is 9.69 Å². The van der Waals surface area contributed by atoms with Gasteiger partial charge in [-0.05, 0) is 18.4 Å². The van der Waals surface area contributed by atoms with Crippen molar-refractivity contribution in [2.75, 3.05) is 13.1 Å². The van der Waals surface area contributed by atoms with Crippen molar-refractivity contribution < 1.29 is 4.79 Å². The largest absolute Gasteiger partial charge is 0.299 e. The van der Waals surface area contributed by atoms with E-state index < -0.39 is 0 Å². The van der Waals surface area contributed by atoms with E-state index in [1.165, 1.54) is 5.56 Å². The lowest BCUT2D eigenvalue weighted by molar-refractivity contribution is -0.133. The SMILES string of the molecule is C=CCC1(CC=C)CN(Cc2ccccc2)CCC1=O. The number of likely N-dealkylation sites (tertiary alicyclic amines) is 1. The Kier molecular flexibility index (Phi) is 4.91. The van der Waals surface area contributed by atoms with E-state index in [4.69, 9.17) is 0 Å². The molecule has 0 atom stereocenters. The number of ketones is 1. The fraction of sp³-hybridized carbons (Fsp3) is 0.389. The predicted molar refractivity (Wildman–Crippen MR) is 83.4 cm³/mol. The fourth-order valence-electron chi connectivity index (χ4n) is 3.09. The minimum absolute atomic E-state index is 0.309. The molecule has 106 valence electrons. The summed E-state index contributed by atoms with van der Waals surface area (Å²) < 4.78 is 0. The zero-order chi connectivity index (χ0) is 14.4. The number of hydrogen-bond acceptors (Lipinski definition) is 2. The third-order valence-corrected chi connectivity index (χ3v) is 4.09. The first-order valence-corrected chi connectivity index (χ1v) is 7.21. The molecule has 0 unspecified atom stereocenters. The number of nitrogens with zero attached hydrogens (tertiary/aromatic N) is 1. The number of benzene rings is 1. The maximum atomic E-state index is 12.4. The van der Waals surface area contributed by atoms with E-state index in [0.29, 0.717) is 12.2 Å². The van der Waals surface area contributed by atoms with Gasteiger partial charge in [0.1, 0.15) is 5.78 Å². The summed E-state index contributed by atoms with van der Waals surface area (Å²) in [6, 6.07) is 10.4. The number of allylic oxidation sites excluding steroid dienone is 2. The lowest BCUT2D eigenvalue weighted by atomic mass is 9.73. The first-order valence-electron chi connectivity index (χ1n) is 7.21. The van der Waals surface area contributed by atoms with Crippen molar-refractivity contribution in [1.29, 1.82) is 0 Å². The summed E-state index contributed by atoms with van der Waals surface area (Å²) in [6.45, 7) is 10.2. The number of rotatable bonds is 6. The Morgan fingerprint density at radius 2 is 1.80 bits per heavy atom. The molecule has 1 heterocycles. The van der Waals surface area contributed by atoms with Crippen molar-refractivity contribution in [2.45, 2.75) is 25.8 Å². The van der Waals surface area contributed by atoms with Crippen LogP contribution in [-0.4, -0.2) is 23.8 Å². The van der Waals surface area contributed by atoms with Gasteiger partial charge in [-0.2, -0.15) is 0 Å². The summed E-state index contributed by atoms with van der Waals surface area (Å²) in [5.41, 5.74) is 0.990. The van der Waals surface area contributed by atoms with Crippen LogP contribution >= 0.6 is 0 Å². The van der Waals surface area contributed by atoms with Gasteiger partial charge in [-0.25, -0.2) is 0 Å². The number of hydrogen-bond donors (Lipinski definition) is 0. The van der Waals surface area contributed by atoms with Gasteiger partial charge < -0.3 is 0 Å². The van der Waals surface area contributed by atoms with Gasteiger partial charge in [0.25, 0.3) is 0 Å². The zero-order valence-corrected chi connectivity index (χ0v) is 12.1. The third-order valence-electron chi connectivity index (χ3n) is 4.09. The molecule has 0 aromatic heterocycles. The molecule has 0 bridgehead atoms. The Bertz CT molecular complexity index is 467. The topological polar surface area (TPSA) is 20.3 Å². The molecule has 0 spiro atoms. The Morgan fingerprint density at radius 1 is 1.15 bits per heavy atom. The molecule has 0 amide bonds. The Hall–Kier alpha value is -1.67. The van der Waals surface area contributed by atoms with Crippen molar-refractivity contribution in [3.8, 4) is 0 Å². The molecule has 1 aromatic carbocycles. The van der Waals surface area contributed by atoms with Crippen LogP contribution in [0.5, 0.6) is 0 Å². The van der Waals surface area contributed by atoms with E-state index in [-0.39, 0.29) is 5.41 Å². The molecular formula is C18H23NO. The highest BCUT2D eigenvalue weighted by molar-refractivity contribution is 5.86. The number of Topliss-reactive ketones (excluding diaryl/α,β-unsaturated/α-hetero) is 1. The van der Waals surface area contributed by atoms with Crippen LogP contribution in [0.25, 0.3) is 0 Å². The highest BCUT2D eigenvalue weighted by Crippen LogP contribution is 2.35. The molecule has 0 radical (unpaired) electrons. The predicted octanol–water partition coefficient (Wildman–Crippen LogP) is 3.60. The van der Waals surface area contributed by atoms with Crippen LogP contribution in [0.2, 0.25) is 0 Å². The summed E-state index contributed by atoms with van der Waals surface area (Å²) in [4.78, 5) is 14.8. The van der Waals surface area contributed by atoms with Crippen LogP contribution in [-0.2, 0) is 11.3 Å². The van der Waals surface area contributed by atoms with Crippen molar-refractivity contribution in [3.05, 3.63) is 61.2 Å². The Labute approximate surface area is 121 Å². The standard InChI is InChI=1S/C18H23NO/c1-3-11-18(12-4-2)15-19(13-10-17(18)20)14-16-8-6-5-7-9-16/h3-9H,1-2,10-15H2. The molecule has 1 aliphatic rings. The molecule has 1 fully saturated rings. The monoisotopic (exact) mass is 269 g/mol. The van der Waals surface area contributed by atoms with Crippen molar-refractivity contribution in [3.63, 3.8) is 0 Å². The fourth-order valence-corrected chi connectivity index (χ4v) is 3.09. The minimum atomic E-state index is -0.309. The van der Waals surface area contributed by atoms with Gasteiger partial charge in [0, 0.05) is 31.5 Å². The number of carbonyl (C=O) groups excluding carboxylic acids is 1. The van der Waals surface area contributed by atoms with Gasteiger partial charge in [0.15, 0.2) is 0 Å². The first-order chi connectivity index (χ1) is 9.70. The molecule has 2 nitrogen and oxygen atoms in total. The van der Waals surface area contributed by atoms with Crippen LogP contribution in [0.1, 0.15) is 24.8 Å². The average Bonchev–Trinajstić information content (AvgIpc) is 2.45. The normalized spacial score (nSPS) is 18.7. The van der Waals surface area contributed by atoms with Crippen molar-refractivity contribution >= 4 is 5.78 Å². The van der Waals surface area contributed by atoms with E-state index in [2.05, 4.69) is 42.3 Å². The Balaban J connectivity index is 2.11. The molecule has 0 N–H and O–H groups in total. The highest BCUT2D eigenvalue weighted by Gasteiger charge is 2.40. The van der Waals surface area contributed by atoms with E-state index in [9.17, 15) is 4.79 Å².